The van der Waals surface area contributed by atoms with Gasteiger partial charge in [-0.2, -0.15) is 0 Å². The third kappa shape index (κ3) is 5.09. The normalized spacial score (nSPS) is 14.1. The molecule has 0 heterocycles. The fourth-order valence-corrected chi connectivity index (χ4v) is 3.68. The maximum atomic E-state index is 12.5. The van der Waals surface area contributed by atoms with Crippen molar-refractivity contribution in [3.8, 4) is 0 Å². The van der Waals surface area contributed by atoms with Crippen LogP contribution in [0.1, 0.15) is 59.1 Å². The van der Waals surface area contributed by atoms with Crippen LogP contribution >= 0.6 is 0 Å². The van der Waals surface area contributed by atoms with Crippen LogP contribution in [0.25, 0.3) is 0 Å². The van der Waals surface area contributed by atoms with Crippen molar-refractivity contribution in [3.63, 3.8) is 0 Å². The van der Waals surface area contributed by atoms with Crippen LogP contribution in [-0.4, -0.2) is 20.5 Å². The van der Waals surface area contributed by atoms with Crippen molar-refractivity contribution in [1.82, 2.24) is 10.0 Å². The molecule has 1 aromatic carbocycles. The molecule has 0 aliphatic heterocycles. The van der Waals surface area contributed by atoms with E-state index in [0.717, 1.165) is 24.9 Å². The van der Waals surface area contributed by atoms with Gasteiger partial charge in [-0.1, -0.05) is 32.9 Å². The molecule has 0 saturated carbocycles. The SMILES string of the molecule is CCNC(CC)c1cccc(S(=O)(=O)NC(C)(C)CC)c1. The molecule has 1 unspecified atom stereocenters. The number of nitrogens with one attached hydrogen (secondary N) is 2. The first-order valence-electron chi connectivity index (χ1n) is 7.63. The lowest BCUT2D eigenvalue weighted by atomic mass is 10.0. The first-order chi connectivity index (χ1) is 9.75. The Morgan fingerprint density at radius 3 is 2.38 bits per heavy atom. The zero-order valence-corrected chi connectivity index (χ0v) is 14.5. The molecule has 0 spiro atoms. The molecule has 2 N–H and O–H groups in total. The van der Waals surface area contributed by atoms with E-state index in [1.807, 2.05) is 32.9 Å². The minimum atomic E-state index is -3.49. The molecule has 0 aliphatic carbocycles. The molecule has 4 nitrogen and oxygen atoms in total. The van der Waals surface area contributed by atoms with Crippen molar-refractivity contribution in [2.24, 2.45) is 0 Å². The van der Waals surface area contributed by atoms with Gasteiger partial charge in [-0.15, -0.1) is 0 Å². The van der Waals surface area contributed by atoms with Gasteiger partial charge >= 0.3 is 0 Å². The second kappa shape index (κ2) is 7.38. The first-order valence-corrected chi connectivity index (χ1v) is 9.11. The smallest absolute Gasteiger partial charge is 0.241 e. The van der Waals surface area contributed by atoms with Crippen molar-refractivity contribution in [3.05, 3.63) is 29.8 Å². The average Bonchev–Trinajstić information content (AvgIpc) is 2.44. The molecule has 0 fully saturated rings. The Hall–Kier alpha value is -0.910. The fourth-order valence-electron chi connectivity index (χ4n) is 2.14. The molecule has 120 valence electrons. The van der Waals surface area contributed by atoms with Crippen molar-refractivity contribution < 1.29 is 8.42 Å². The van der Waals surface area contributed by atoms with Gasteiger partial charge in [0.05, 0.1) is 4.90 Å². The Morgan fingerprint density at radius 2 is 1.86 bits per heavy atom. The summed E-state index contributed by atoms with van der Waals surface area (Å²) >= 11 is 0. The zero-order chi connectivity index (χ0) is 16.1. The number of rotatable bonds is 8. The highest BCUT2D eigenvalue weighted by Gasteiger charge is 2.25. The second-order valence-electron chi connectivity index (χ2n) is 5.93. The Morgan fingerprint density at radius 1 is 1.19 bits per heavy atom. The minimum Gasteiger partial charge on any atom is -0.310 e. The molecule has 0 bridgehead atoms. The lowest BCUT2D eigenvalue weighted by molar-refractivity contribution is 0.439. The monoisotopic (exact) mass is 312 g/mol. The van der Waals surface area contributed by atoms with Crippen LogP contribution in [0.2, 0.25) is 0 Å². The summed E-state index contributed by atoms with van der Waals surface area (Å²) in [6.07, 6.45) is 1.66. The molecule has 0 aliphatic rings. The maximum absolute atomic E-state index is 12.5. The van der Waals surface area contributed by atoms with E-state index in [-0.39, 0.29) is 6.04 Å². The molecule has 1 aromatic rings. The average molecular weight is 312 g/mol. The lowest BCUT2D eigenvalue weighted by Gasteiger charge is -2.24. The molecule has 1 atom stereocenters. The van der Waals surface area contributed by atoms with E-state index in [1.54, 1.807) is 12.1 Å². The van der Waals surface area contributed by atoms with E-state index in [4.69, 9.17) is 0 Å². The largest absolute Gasteiger partial charge is 0.310 e. The summed E-state index contributed by atoms with van der Waals surface area (Å²) in [6.45, 7) is 10.7. The van der Waals surface area contributed by atoms with E-state index >= 15 is 0 Å². The van der Waals surface area contributed by atoms with Gasteiger partial charge in [-0.3, -0.25) is 0 Å². The van der Waals surface area contributed by atoms with Crippen LogP contribution in [0, 0.1) is 0 Å². The number of benzene rings is 1. The first kappa shape index (κ1) is 18.1. The Labute approximate surface area is 129 Å². The molecule has 0 aromatic heterocycles. The number of hydrogen-bond donors (Lipinski definition) is 2. The molecule has 0 saturated heterocycles. The van der Waals surface area contributed by atoms with Crippen molar-refractivity contribution in [2.45, 2.75) is 63.9 Å². The van der Waals surface area contributed by atoms with E-state index in [0.29, 0.717) is 4.90 Å². The molecule has 0 radical (unpaired) electrons. The van der Waals surface area contributed by atoms with Crippen LogP contribution in [-0.2, 0) is 10.0 Å². The van der Waals surface area contributed by atoms with E-state index in [9.17, 15) is 8.42 Å². The summed E-state index contributed by atoms with van der Waals surface area (Å²) in [5.74, 6) is 0. The van der Waals surface area contributed by atoms with Gasteiger partial charge < -0.3 is 5.32 Å². The second-order valence-corrected chi connectivity index (χ2v) is 7.62. The predicted molar refractivity (Wildman–Crippen MR) is 87.8 cm³/mol. The third-order valence-electron chi connectivity index (χ3n) is 3.72. The van der Waals surface area contributed by atoms with Gasteiger partial charge in [0.1, 0.15) is 0 Å². The minimum absolute atomic E-state index is 0.185. The highest BCUT2D eigenvalue weighted by atomic mass is 32.2. The molecular weight excluding hydrogens is 284 g/mol. The highest BCUT2D eigenvalue weighted by molar-refractivity contribution is 7.89. The maximum Gasteiger partial charge on any atom is 0.241 e. The topological polar surface area (TPSA) is 58.2 Å². The fraction of sp³-hybridized carbons (Fsp3) is 0.625. The Kier molecular flexibility index (Phi) is 6.38. The lowest BCUT2D eigenvalue weighted by Crippen LogP contribution is -2.42. The van der Waals surface area contributed by atoms with Crippen LogP contribution in [0.4, 0.5) is 0 Å². The standard InChI is InChI=1S/C16H28N2O2S/c1-6-15(17-8-3)13-10-9-11-14(12-13)21(19,20)18-16(4,5)7-2/h9-12,15,17-18H,6-8H2,1-5H3. The summed E-state index contributed by atoms with van der Waals surface area (Å²) in [7, 11) is -3.49. The van der Waals surface area contributed by atoms with E-state index in [2.05, 4.69) is 23.9 Å². The van der Waals surface area contributed by atoms with Crippen molar-refractivity contribution in [2.75, 3.05) is 6.54 Å². The summed E-state index contributed by atoms with van der Waals surface area (Å²) in [4.78, 5) is 0.331. The van der Waals surface area contributed by atoms with Crippen molar-refractivity contribution in [1.29, 1.82) is 0 Å². The van der Waals surface area contributed by atoms with Gasteiger partial charge in [0, 0.05) is 11.6 Å². The van der Waals surface area contributed by atoms with Gasteiger partial charge in [0.2, 0.25) is 10.0 Å². The quantitative estimate of drug-likeness (QED) is 0.775. The summed E-state index contributed by atoms with van der Waals surface area (Å²) in [5.41, 5.74) is 0.567. The summed E-state index contributed by atoms with van der Waals surface area (Å²) in [6, 6.07) is 7.38. The molecule has 21 heavy (non-hydrogen) atoms. The van der Waals surface area contributed by atoms with Crippen LogP contribution in [0.15, 0.2) is 29.2 Å². The highest BCUT2D eigenvalue weighted by Crippen LogP contribution is 2.21. The van der Waals surface area contributed by atoms with Crippen LogP contribution in [0.3, 0.4) is 0 Å². The summed E-state index contributed by atoms with van der Waals surface area (Å²) in [5, 5.41) is 3.37. The van der Waals surface area contributed by atoms with Gasteiger partial charge in [-0.05, 0) is 50.9 Å². The summed E-state index contributed by atoms with van der Waals surface area (Å²) < 4.78 is 27.8. The Bertz CT molecular complexity index is 553. The third-order valence-corrected chi connectivity index (χ3v) is 5.42. The Balaban J connectivity index is 3.09. The molecular formula is C16H28N2O2S. The van der Waals surface area contributed by atoms with Gasteiger partial charge in [-0.25, -0.2) is 13.1 Å². The molecule has 1 rings (SSSR count). The van der Waals surface area contributed by atoms with Crippen LogP contribution < -0.4 is 10.0 Å². The molecule has 5 heteroatoms. The van der Waals surface area contributed by atoms with Crippen LogP contribution in [0.5, 0.6) is 0 Å². The number of sulfonamides is 1. The molecule has 0 amide bonds. The van der Waals surface area contributed by atoms with E-state index in [1.165, 1.54) is 0 Å². The predicted octanol–water partition coefficient (Wildman–Crippen LogP) is 3.21. The van der Waals surface area contributed by atoms with Gasteiger partial charge in [0.15, 0.2) is 0 Å². The zero-order valence-electron chi connectivity index (χ0n) is 13.7. The van der Waals surface area contributed by atoms with Gasteiger partial charge in [0.25, 0.3) is 0 Å². The van der Waals surface area contributed by atoms with Crippen molar-refractivity contribution >= 4 is 10.0 Å². The van der Waals surface area contributed by atoms with E-state index < -0.39 is 15.6 Å². The number of hydrogen-bond acceptors (Lipinski definition) is 3.